The fraction of sp³-hybridized carbons (Fsp3) is 0.333. The number of hydrogen-bond acceptors (Lipinski definition) is 5. The smallest absolute Gasteiger partial charge is 0.0749 e. The summed E-state index contributed by atoms with van der Waals surface area (Å²) in [5.74, 6) is 0. The predicted molar refractivity (Wildman–Crippen MR) is 96.5 cm³/mol. The van der Waals surface area contributed by atoms with Crippen molar-refractivity contribution in [1.29, 1.82) is 0 Å². The van der Waals surface area contributed by atoms with Gasteiger partial charge in [-0.15, -0.1) is 11.3 Å². The van der Waals surface area contributed by atoms with E-state index < -0.39 is 0 Å². The van der Waals surface area contributed by atoms with Crippen LogP contribution in [0.4, 0.5) is 0 Å². The lowest BCUT2D eigenvalue weighted by atomic mass is 10.1. The number of nitrogens with zero attached hydrogens (tertiary/aromatic N) is 3. The van der Waals surface area contributed by atoms with Crippen LogP contribution in [0.15, 0.2) is 48.9 Å². The number of aliphatic hydroxyl groups excluding tert-OH is 1. The van der Waals surface area contributed by atoms with Crippen molar-refractivity contribution in [2.45, 2.75) is 32.5 Å². The third-order valence-electron chi connectivity index (χ3n) is 4.09. The largest absolute Gasteiger partial charge is 0.395 e. The van der Waals surface area contributed by atoms with Crippen LogP contribution < -0.4 is 0 Å². The van der Waals surface area contributed by atoms with Crippen LogP contribution in [0.2, 0.25) is 0 Å². The zero-order valence-electron chi connectivity index (χ0n) is 13.7. The molecule has 0 bridgehead atoms. The molecule has 0 radical (unpaired) electrons. The van der Waals surface area contributed by atoms with Gasteiger partial charge in [0.05, 0.1) is 17.2 Å². The molecular formula is C18H22N4OS. The highest BCUT2D eigenvalue weighted by molar-refractivity contribution is 7.15. The average molecular weight is 342 g/mol. The normalized spacial score (nSPS) is 12.6. The quantitative estimate of drug-likeness (QED) is 0.659. The van der Waals surface area contributed by atoms with Crippen molar-refractivity contribution < 1.29 is 5.11 Å². The Hall–Kier alpha value is -2.02. The lowest BCUT2D eigenvalue weighted by Crippen LogP contribution is -2.36. The predicted octanol–water partition coefficient (Wildman–Crippen LogP) is 3.31. The standard InChI is InChI=1S/C18H22N4OS/c1-2-15(13-23)22(11-14-4-3-8-19-10-14)12-16-5-6-18(24-16)17-7-9-20-21-17/h3-10,15,23H,2,11-13H2,1H3,(H,20,21)/t15-/m1/s1. The van der Waals surface area contributed by atoms with Gasteiger partial charge in [-0.05, 0) is 36.2 Å². The summed E-state index contributed by atoms with van der Waals surface area (Å²) in [5.41, 5.74) is 2.20. The van der Waals surface area contributed by atoms with E-state index in [2.05, 4.69) is 45.2 Å². The van der Waals surface area contributed by atoms with Crippen molar-refractivity contribution in [2.24, 2.45) is 0 Å². The fourth-order valence-corrected chi connectivity index (χ4v) is 3.75. The van der Waals surface area contributed by atoms with E-state index in [-0.39, 0.29) is 12.6 Å². The summed E-state index contributed by atoms with van der Waals surface area (Å²) < 4.78 is 0. The molecule has 0 aliphatic rings. The van der Waals surface area contributed by atoms with Crippen molar-refractivity contribution in [3.8, 4) is 10.6 Å². The molecule has 2 N–H and O–H groups in total. The number of aromatic nitrogens is 3. The molecule has 0 fully saturated rings. The molecule has 1 atom stereocenters. The number of aliphatic hydroxyl groups is 1. The van der Waals surface area contributed by atoms with Gasteiger partial charge in [0.1, 0.15) is 0 Å². The van der Waals surface area contributed by atoms with Gasteiger partial charge in [-0.2, -0.15) is 5.10 Å². The Morgan fingerprint density at radius 2 is 2.12 bits per heavy atom. The van der Waals surface area contributed by atoms with Crippen LogP contribution in [0.3, 0.4) is 0 Å². The molecule has 0 unspecified atom stereocenters. The zero-order chi connectivity index (χ0) is 16.8. The highest BCUT2D eigenvalue weighted by Gasteiger charge is 2.18. The molecule has 3 aromatic rings. The van der Waals surface area contributed by atoms with E-state index in [4.69, 9.17) is 0 Å². The van der Waals surface area contributed by atoms with Crippen LogP contribution in [0.25, 0.3) is 10.6 Å². The molecular weight excluding hydrogens is 320 g/mol. The van der Waals surface area contributed by atoms with Gasteiger partial charge in [0, 0.05) is 42.6 Å². The number of nitrogens with one attached hydrogen (secondary N) is 1. The van der Waals surface area contributed by atoms with Gasteiger partial charge >= 0.3 is 0 Å². The molecule has 6 heteroatoms. The van der Waals surface area contributed by atoms with Gasteiger partial charge in [0.25, 0.3) is 0 Å². The molecule has 0 spiro atoms. The second-order valence-corrected chi connectivity index (χ2v) is 6.92. The highest BCUT2D eigenvalue weighted by Crippen LogP contribution is 2.28. The average Bonchev–Trinajstić information content (AvgIpc) is 3.28. The van der Waals surface area contributed by atoms with Gasteiger partial charge in [-0.3, -0.25) is 15.0 Å². The Kier molecular flexibility index (Phi) is 5.74. The molecule has 0 saturated carbocycles. The van der Waals surface area contributed by atoms with Gasteiger partial charge in [-0.1, -0.05) is 13.0 Å². The van der Waals surface area contributed by atoms with E-state index >= 15 is 0 Å². The maximum absolute atomic E-state index is 9.74. The van der Waals surface area contributed by atoms with E-state index in [1.54, 1.807) is 23.7 Å². The third-order valence-corrected chi connectivity index (χ3v) is 5.20. The maximum Gasteiger partial charge on any atom is 0.0749 e. The Labute approximate surface area is 146 Å². The van der Waals surface area contributed by atoms with Gasteiger partial charge in [0.2, 0.25) is 0 Å². The Morgan fingerprint density at radius 3 is 2.79 bits per heavy atom. The van der Waals surface area contributed by atoms with Crippen molar-refractivity contribution in [3.05, 3.63) is 59.4 Å². The van der Waals surface area contributed by atoms with E-state index in [0.717, 1.165) is 30.8 Å². The first-order valence-corrected chi connectivity index (χ1v) is 8.94. The second kappa shape index (κ2) is 8.19. The number of pyridine rings is 1. The first-order valence-electron chi connectivity index (χ1n) is 8.12. The summed E-state index contributed by atoms with van der Waals surface area (Å²) >= 11 is 1.76. The van der Waals surface area contributed by atoms with E-state index in [1.807, 2.05) is 18.3 Å². The fourth-order valence-electron chi connectivity index (χ4n) is 2.74. The van der Waals surface area contributed by atoms with Crippen molar-refractivity contribution in [2.75, 3.05) is 6.61 Å². The van der Waals surface area contributed by atoms with Crippen LogP contribution in [-0.4, -0.2) is 37.8 Å². The highest BCUT2D eigenvalue weighted by atomic mass is 32.1. The van der Waals surface area contributed by atoms with Crippen molar-refractivity contribution >= 4 is 11.3 Å². The van der Waals surface area contributed by atoms with Crippen LogP contribution in [0.5, 0.6) is 0 Å². The lowest BCUT2D eigenvalue weighted by molar-refractivity contribution is 0.107. The van der Waals surface area contributed by atoms with Crippen LogP contribution >= 0.6 is 11.3 Å². The molecule has 3 aromatic heterocycles. The van der Waals surface area contributed by atoms with Crippen molar-refractivity contribution in [3.63, 3.8) is 0 Å². The van der Waals surface area contributed by atoms with Crippen LogP contribution in [0, 0.1) is 0 Å². The summed E-state index contributed by atoms with van der Waals surface area (Å²) in [4.78, 5) is 8.97. The minimum atomic E-state index is 0.142. The molecule has 0 saturated heterocycles. The topological polar surface area (TPSA) is 65.0 Å². The third kappa shape index (κ3) is 4.08. The Balaban J connectivity index is 1.76. The summed E-state index contributed by atoms with van der Waals surface area (Å²) in [7, 11) is 0. The molecule has 5 nitrogen and oxygen atoms in total. The van der Waals surface area contributed by atoms with Gasteiger partial charge < -0.3 is 5.11 Å². The van der Waals surface area contributed by atoms with Crippen molar-refractivity contribution in [1.82, 2.24) is 20.1 Å². The Morgan fingerprint density at radius 1 is 1.21 bits per heavy atom. The monoisotopic (exact) mass is 342 g/mol. The Bertz CT molecular complexity index is 723. The second-order valence-electron chi connectivity index (χ2n) is 5.75. The molecule has 0 amide bonds. The number of thiophene rings is 1. The number of H-pyrrole nitrogens is 1. The van der Waals surface area contributed by atoms with E-state index in [9.17, 15) is 5.11 Å². The van der Waals surface area contributed by atoms with Crippen LogP contribution in [0.1, 0.15) is 23.8 Å². The first kappa shape index (κ1) is 16.8. The van der Waals surface area contributed by atoms with E-state index in [0.29, 0.717) is 0 Å². The summed E-state index contributed by atoms with van der Waals surface area (Å²) in [6, 6.07) is 10.4. The summed E-state index contributed by atoms with van der Waals surface area (Å²) in [6.45, 7) is 3.87. The molecule has 0 aliphatic heterocycles. The molecule has 3 rings (SSSR count). The van der Waals surface area contributed by atoms with E-state index in [1.165, 1.54) is 9.75 Å². The molecule has 24 heavy (non-hydrogen) atoms. The van der Waals surface area contributed by atoms with Gasteiger partial charge in [0.15, 0.2) is 0 Å². The lowest BCUT2D eigenvalue weighted by Gasteiger charge is -2.29. The number of rotatable bonds is 8. The SMILES string of the molecule is CC[C@H](CO)N(Cc1cccnc1)Cc1ccc(-c2ccn[nH]2)s1. The maximum atomic E-state index is 9.74. The summed E-state index contributed by atoms with van der Waals surface area (Å²) in [6.07, 6.45) is 6.35. The first-order chi connectivity index (χ1) is 11.8. The zero-order valence-corrected chi connectivity index (χ0v) is 14.5. The molecule has 0 aliphatic carbocycles. The minimum absolute atomic E-state index is 0.142. The summed E-state index contributed by atoms with van der Waals surface area (Å²) in [5, 5.41) is 16.8. The number of aromatic amines is 1. The molecule has 3 heterocycles. The minimum Gasteiger partial charge on any atom is -0.395 e. The molecule has 0 aromatic carbocycles. The van der Waals surface area contributed by atoms with Crippen LogP contribution in [-0.2, 0) is 13.1 Å². The molecule has 126 valence electrons. The number of hydrogen-bond donors (Lipinski definition) is 2. The van der Waals surface area contributed by atoms with Gasteiger partial charge in [-0.25, -0.2) is 0 Å².